The molecule has 5 nitrogen and oxygen atoms in total. The Balaban J connectivity index is 1.95. The van der Waals surface area contributed by atoms with Crippen LogP contribution < -0.4 is 5.32 Å². The maximum absolute atomic E-state index is 12.9. The fraction of sp³-hybridized carbons (Fsp3) is 0.182. The quantitative estimate of drug-likeness (QED) is 0.555. The van der Waals surface area contributed by atoms with E-state index >= 15 is 0 Å². The van der Waals surface area contributed by atoms with Crippen molar-refractivity contribution >= 4 is 23.0 Å². The van der Waals surface area contributed by atoms with E-state index in [1.54, 1.807) is 6.08 Å². The van der Waals surface area contributed by atoms with Crippen molar-refractivity contribution in [2.45, 2.75) is 19.9 Å². The molecule has 1 atom stereocenters. The number of nitrogens with one attached hydrogen (secondary N) is 1. The number of aromatic nitrogens is 2. The average molecular weight is 359 g/mol. The van der Waals surface area contributed by atoms with Crippen LogP contribution >= 0.6 is 0 Å². The summed E-state index contributed by atoms with van der Waals surface area (Å²) in [5.41, 5.74) is 5.33. The molecule has 27 heavy (non-hydrogen) atoms. The van der Waals surface area contributed by atoms with E-state index in [1.807, 2.05) is 56.3 Å². The van der Waals surface area contributed by atoms with Crippen LogP contribution in [0.4, 0.5) is 5.95 Å². The van der Waals surface area contributed by atoms with Crippen LogP contribution in [-0.2, 0) is 9.53 Å². The fourth-order valence-corrected chi connectivity index (χ4v) is 3.60. The van der Waals surface area contributed by atoms with Crippen LogP contribution in [-0.4, -0.2) is 22.1 Å². The molecular weight excluding hydrogens is 338 g/mol. The number of nitrogens with zero attached hydrogens (tertiary/aromatic N) is 2. The molecule has 136 valence electrons. The molecular formula is C22H21N3O2. The smallest absolute Gasteiger partial charge is 0.338 e. The highest BCUT2D eigenvalue weighted by atomic mass is 16.5. The third-order valence-corrected chi connectivity index (χ3v) is 4.74. The molecule has 0 aliphatic carbocycles. The number of rotatable bonds is 4. The van der Waals surface area contributed by atoms with Gasteiger partial charge in [-0.1, -0.05) is 54.6 Å². The van der Waals surface area contributed by atoms with Crippen molar-refractivity contribution in [2.24, 2.45) is 0 Å². The Labute approximate surface area is 158 Å². The minimum Gasteiger partial charge on any atom is -0.458 e. The lowest BCUT2D eigenvalue weighted by molar-refractivity contribution is -0.138. The van der Waals surface area contributed by atoms with Crippen LogP contribution in [0, 0.1) is 6.92 Å². The first-order valence-electron chi connectivity index (χ1n) is 8.89. The predicted molar refractivity (Wildman–Crippen MR) is 107 cm³/mol. The van der Waals surface area contributed by atoms with Crippen LogP contribution in [0.1, 0.15) is 24.1 Å². The second-order valence-electron chi connectivity index (χ2n) is 6.66. The molecule has 0 bridgehead atoms. The second-order valence-corrected chi connectivity index (χ2v) is 6.66. The molecule has 2 heterocycles. The third-order valence-electron chi connectivity index (χ3n) is 4.74. The Morgan fingerprint density at radius 1 is 1.26 bits per heavy atom. The molecule has 1 aliphatic heterocycles. The van der Waals surface area contributed by atoms with Gasteiger partial charge in [0, 0.05) is 5.70 Å². The number of carbonyl (C=O) groups excluding carboxylic acids is 1. The molecule has 1 aliphatic rings. The molecule has 4 rings (SSSR count). The lowest BCUT2D eigenvalue weighted by atomic mass is 9.94. The first-order valence-corrected chi connectivity index (χ1v) is 8.89. The van der Waals surface area contributed by atoms with Crippen molar-refractivity contribution in [3.63, 3.8) is 0 Å². The Morgan fingerprint density at radius 3 is 2.85 bits per heavy atom. The number of allylic oxidation sites excluding steroid dienone is 1. The molecule has 2 aromatic carbocycles. The first kappa shape index (κ1) is 17.1. The molecule has 0 saturated heterocycles. The number of benzene rings is 2. The van der Waals surface area contributed by atoms with E-state index in [2.05, 4.69) is 22.5 Å². The summed E-state index contributed by atoms with van der Waals surface area (Å²) in [6.45, 7) is 7.73. The van der Waals surface area contributed by atoms with Gasteiger partial charge in [-0.3, -0.25) is 4.57 Å². The number of anilines is 1. The van der Waals surface area contributed by atoms with E-state index in [0.29, 0.717) is 5.57 Å². The molecule has 5 heteroatoms. The van der Waals surface area contributed by atoms with Crippen molar-refractivity contribution in [3.8, 4) is 0 Å². The molecule has 0 saturated carbocycles. The van der Waals surface area contributed by atoms with Gasteiger partial charge in [0.2, 0.25) is 5.95 Å². The second kappa shape index (κ2) is 6.76. The van der Waals surface area contributed by atoms with Gasteiger partial charge in [-0.15, -0.1) is 0 Å². The molecule has 1 unspecified atom stereocenters. The van der Waals surface area contributed by atoms with Crippen molar-refractivity contribution in [3.05, 3.63) is 83.6 Å². The Kier molecular flexibility index (Phi) is 4.28. The largest absolute Gasteiger partial charge is 0.458 e. The van der Waals surface area contributed by atoms with E-state index in [0.717, 1.165) is 33.8 Å². The fourth-order valence-electron chi connectivity index (χ4n) is 3.60. The number of carbonyl (C=O) groups is 1. The Bertz CT molecular complexity index is 1080. The van der Waals surface area contributed by atoms with Gasteiger partial charge in [-0.05, 0) is 31.5 Å². The number of esters is 1. The Morgan fingerprint density at radius 2 is 2.07 bits per heavy atom. The summed E-state index contributed by atoms with van der Waals surface area (Å²) in [7, 11) is 0. The number of para-hydroxylation sites is 2. The topological polar surface area (TPSA) is 56.1 Å². The number of hydrogen-bond acceptors (Lipinski definition) is 4. The lowest BCUT2D eigenvalue weighted by Gasteiger charge is -2.30. The number of hydrogen-bond donors (Lipinski definition) is 1. The van der Waals surface area contributed by atoms with E-state index < -0.39 is 0 Å². The minimum atomic E-state index is -0.352. The minimum absolute atomic E-state index is 0.174. The molecule has 0 radical (unpaired) electrons. The van der Waals surface area contributed by atoms with E-state index in [4.69, 9.17) is 9.72 Å². The molecule has 0 fully saturated rings. The van der Waals surface area contributed by atoms with Crippen LogP contribution in [0.2, 0.25) is 0 Å². The number of aryl methyl sites for hydroxylation is 1. The molecule has 1 N–H and O–H groups in total. The zero-order valence-corrected chi connectivity index (χ0v) is 15.4. The maximum atomic E-state index is 12.9. The molecule has 1 aromatic heterocycles. The van der Waals surface area contributed by atoms with Crippen LogP contribution in [0.5, 0.6) is 0 Å². The van der Waals surface area contributed by atoms with Gasteiger partial charge >= 0.3 is 5.97 Å². The lowest BCUT2D eigenvalue weighted by Crippen LogP contribution is -2.29. The zero-order chi connectivity index (χ0) is 19.0. The summed E-state index contributed by atoms with van der Waals surface area (Å²) < 4.78 is 7.47. The summed E-state index contributed by atoms with van der Waals surface area (Å²) in [6.07, 6.45) is 1.57. The zero-order valence-electron chi connectivity index (χ0n) is 15.4. The van der Waals surface area contributed by atoms with Crippen molar-refractivity contribution < 1.29 is 9.53 Å². The SMILES string of the molecule is C=CCOC(=O)C1=C(C)Nc2nc3ccccc3n2C1c1cccc(C)c1. The van der Waals surface area contributed by atoms with Gasteiger partial charge in [-0.25, -0.2) is 9.78 Å². The van der Waals surface area contributed by atoms with E-state index in [9.17, 15) is 4.79 Å². The highest BCUT2D eigenvalue weighted by molar-refractivity contribution is 5.94. The van der Waals surface area contributed by atoms with Crippen molar-refractivity contribution in [2.75, 3.05) is 11.9 Å². The van der Waals surface area contributed by atoms with Gasteiger partial charge < -0.3 is 10.1 Å². The van der Waals surface area contributed by atoms with Gasteiger partial charge in [-0.2, -0.15) is 0 Å². The summed E-state index contributed by atoms with van der Waals surface area (Å²) in [4.78, 5) is 17.6. The summed E-state index contributed by atoms with van der Waals surface area (Å²) in [6, 6.07) is 15.8. The number of ether oxygens (including phenoxy) is 1. The highest BCUT2D eigenvalue weighted by Crippen LogP contribution is 2.39. The third kappa shape index (κ3) is 2.91. The van der Waals surface area contributed by atoms with Gasteiger partial charge in [0.15, 0.2) is 0 Å². The number of imidazole rings is 1. The molecule has 3 aromatic rings. The van der Waals surface area contributed by atoms with Gasteiger partial charge in [0.05, 0.1) is 22.6 Å². The first-order chi connectivity index (χ1) is 13.1. The normalized spacial score (nSPS) is 16.0. The standard InChI is InChI=1S/C22H21N3O2/c1-4-12-27-21(26)19-15(3)23-22-24-17-10-5-6-11-18(17)25(22)20(19)16-9-7-8-14(2)13-16/h4-11,13,20H,1,12H2,2-3H3,(H,23,24). The Hall–Kier alpha value is -3.34. The van der Waals surface area contributed by atoms with Gasteiger partial charge in [0.1, 0.15) is 6.61 Å². The summed E-state index contributed by atoms with van der Waals surface area (Å²) in [5.74, 6) is 0.371. The summed E-state index contributed by atoms with van der Waals surface area (Å²) >= 11 is 0. The van der Waals surface area contributed by atoms with Crippen molar-refractivity contribution in [1.29, 1.82) is 0 Å². The molecule has 0 spiro atoms. The van der Waals surface area contributed by atoms with Crippen LogP contribution in [0.3, 0.4) is 0 Å². The summed E-state index contributed by atoms with van der Waals surface area (Å²) in [5, 5.41) is 3.28. The van der Waals surface area contributed by atoms with Gasteiger partial charge in [0.25, 0.3) is 0 Å². The van der Waals surface area contributed by atoms with Crippen molar-refractivity contribution in [1.82, 2.24) is 9.55 Å². The number of fused-ring (bicyclic) bond motifs is 3. The highest BCUT2D eigenvalue weighted by Gasteiger charge is 2.34. The van der Waals surface area contributed by atoms with Crippen LogP contribution in [0.15, 0.2) is 72.5 Å². The van der Waals surface area contributed by atoms with Crippen LogP contribution in [0.25, 0.3) is 11.0 Å². The average Bonchev–Trinajstić information content (AvgIpc) is 3.02. The van der Waals surface area contributed by atoms with E-state index in [1.165, 1.54) is 0 Å². The predicted octanol–water partition coefficient (Wildman–Crippen LogP) is 4.36. The monoisotopic (exact) mass is 359 g/mol. The molecule has 0 amide bonds. The van der Waals surface area contributed by atoms with E-state index in [-0.39, 0.29) is 18.6 Å². The maximum Gasteiger partial charge on any atom is 0.338 e.